The van der Waals surface area contributed by atoms with Gasteiger partial charge in [0.2, 0.25) is 0 Å². The summed E-state index contributed by atoms with van der Waals surface area (Å²) >= 11 is 0. The molecular formula is C20H28O5Si. The fraction of sp³-hybridized carbons (Fsp3) is 0.650. The predicted molar refractivity (Wildman–Crippen MR) is 99.4 cm³/mol. The summed E-state index contributed by atoms with van der Waals surface area (Å²) in [6.45, 7) is 11.0. The first-order valence-electron chi connectivity index (χ1n) is 9.36. The second kappa shape index (κ2) is 5.97. The molecule has 1 saturated carbocycles. The van der Waals surface area contributed by atoms with E-state index in [1.165, 1.54) is 0 Å². The number of benzene rings is 1. The van der Waals surface area contributed by atoms with Crippen molar-refractivity contribution in [3.63, 3.8) is 0 Å². The third kappa shape index (κ3) is 2.79. The van der Waals surface area contributed by atoms with E-state index >= 15 is 0 Å². The van der Waals surface area contributed by atoms with Gasteiger partial charge in [-0.15, -0.1) is 0 Å². The Kier molecular flexibility index (Phi) is 4.21. The molecule has 0 amide bonds. The van der Waals surface area contributed by atoms with Gasteiger partial charge in [0.05, 0.1) is 14.7 Å². The van der Waals surface area contributed by atoms with Crippen molar-refractivity contribution in [2.45, 2.75) is 81.9 Å². The lowest BCUT2D eigenvalue weighted by molar-refractivity contribution is -0.251. The Morgan fingerprint density at radius 1 is 1.12 bits per heavy atom. The normalized spacial score (nSPS) is 38.4. The maximum atomic E-state index is 12.8. The van der Waals surface area contributed by atoms with E-state index in [1.54, 1.807) is 0 Å². The van der Waals surface area contributed by atoms with Crippen molar-refractivity contribution < 1.29 is 23.7 Å². The number of rotatable bonds is 4. The van der Waals surface area contributed by atoms with Crippen LogP contribution in [0, 0.1) is 0 Å². The molecule has 0 N–H and O–H groups in total. The lowest BCUT2D eigenvalue weighted by Gasteiger charge is -2.53. The third-order valence-electron chi connectivity index (χ3n) is 5.78. The highest BCUT2D eigenvalue weighted by Gasteiger charge is 2.74. The SMILES string of the molecule is CC1(C)OC2O[C@@]3(C(=O)CC3[Si](C)(C)C)C(OCc3ccccc3)C2O1. The molecule has 3 fully saturated rings. The van der Waals surface area contributed by atoms with Crippen molar-refractivity contribution >= 4 is 13.9 Å². The molecule has 4 rings (SSSR count). The van der Waals surface area contributed by atoms with Gasteiger partial charge in [-0.2, -0.15) is 0 Å². The Balaban J connectivity index is 1.64. The Labute approximate surface area is 156 Å². The summed E-state index contributed by atoms with van der Waals surface area (Å²) in [5.74, 6) is -0.602. The summed E-state index contributed by atoms with van der Waals surface area (Å²) in [4.78, 5) is 12.8. The van der Waals surface area contributed by atoms with E-state index in [0.29, 0.717) is 13.0 Å². The molecule has 5 atom stereocenters. The van der Waals surface area contributed by atoms with E-state index < -0.39 is 31.9 Å². The van der Waals surface area contributed by atoms with Crippen molar-refractivity contribution in [3.05, 3.63) is 35.9 Å². The zero-order chi connectivity index (χ0) is 18.7. The van der Waals surface area contributed by atoms with Gasteiger partial charge in [0.15, 0.2) is 23.5 Å². The van der Waals surface area contributed by atoms with Gasteiger partial charge >= 0.3 is 0 Å². The standard InChI is InChI=1S/C20H28O5Si/c1-19(2)23-16-17(22-12-13-9-7-6-8-10-13)20(25-18(16)24-19)14(21)11-15(20)26(3,4)5/h6-10,15-18H,11-12H2,1-5H3/t15?,16?,17?,18?,20-/m1/s1. The fourth-order valence-electron chi connectivity index (χ4n) is 4.55. The number of Topliss-reactive ketones (excluding diaryl/α,β-unsaturated/α-hetero) is 1. The average Bonchev–Trinajstić information content (AvgIpc) is 3.01. The zero-order valence-corrected chi connectivity index (χ0v) is 17.2. The van der Waals surface area contributed by atoms with Crippen LogP contribution >= 0.6 is 0 Å². The molecule has 1 aromatic carbocycles. The van der Waals surface area contributed by atoms with Crippen LogP contribution in [0.25, 0.3) is 0 Å². The maximum absolute atomic E-state index is 12.8. The summed E-state index contributed by atoms with van der Waals surface area (Å²) in [5, 5.41) is 0. The summed E-state index contributed by atoms with van der Waals surface area (Å²) < 4.78 is 24.7. The van der Waals surface area contributed by atoms with Gasteiger partial charge in [0, 0.05) is 6.42 Å². The number of ketones is 1. The molecule has 26 heavy (non-hydrogen) atoms. The van der Waals surface area contributed by atoms with Gasteiger partial charge in [-0.05, 0) is 25.0 Å². The molecule has 0 aromatic heterocycles. The van der Waals surface area contributed by atoms with Crippen LogP contribution in [-0.4, -0.2) is 43.7 Å². The Morgan fingerprint density at radius 2 is 1.81 bits per heavy atom. The molecule has 0 radical (unpaired) electrons. The van der Waals surface area contributed by atoms with Crippen molar-refractivity contribution in [3.8, 4) is 0 Å². The number of fused-ring (bicyclic) bond motifs is 1. The second-order valence-electron chi connectivity index (χ2n) is 9.14. The van der Waals surface area contributed by atoms with E-state index in [9.17, 15) is 4.79 Å². The van der Waals surface area contributed by atoms with E-state index in [2.05, 4.69) is 19.6 Å². The molecule has 1 aliphatic carbocycles. The minimum absolute atomic E-state index is 0.127. The van der Waals surface area contributed by atoms with Crippen LogP contribution in [0.4, 0.5) is 0 Å². The minimum atomic E-state index is -1.62. The lowest BCUT2D eigenvalue weighted by atomic mass is 9.73. The van der Waals surface area contributed by atoms with E-state index in [-0.39, 0.29) is 17.4 Å². The molecule has 5 nitrogen and oxygen atoms in total. The molecule has 1 aromatic rings. The predicted octanol–water partition coefficient (Wildman–Crippen LogP) is 3.50. The van der Waals surface area contributed by atoms with Crippen molar-refractivity contribution in [1.82, 2.24) is 0 Å². The van der Waals surface area contributed by atoms with Gasteiger partial charge in [-0.25, -0.2) is 0 Å². The van der Waals surface area contributed by atoms with Gasteiger partial charge in [-0.1, -0.05) is 50.0 Å². The molecule has 1 spiro atoms. The molecule has 0 bridgehead atoms. The molecule has 2 aliphatic heterocycles. The monoisotopic (exact) mass is 376 g/mol. The van der Waals surface area contributed by atoms with E-state index in [4.69, 9.17) is 18.9 Å². The van der Waals surface area contributed by atoms with E-state index in [0.717, 1.165) is 5.56 Å². The smallest absolute Gasteiger partial charge is 0.191 e. The van der Waals surface area contributed by atoms with Gasteiger partial charge < -0.3 is 18.9 Å². The quantitative estimate of drug-likeness (QED) is 0.753. The summed E-state index contributed by atoms with van der Waals surface area (Å²) in [6.07, 6.45) is -0.790. The minimum Gasteiger partial charge on any atom is -0.367 e. The van der Waals surface area contributed by atoms with E-state index in [1.807, 2.05) is 44.2 Å². The van der Waals surface area contributed by atoms with Gasteiger partial charge in [0.1, 0.15) is 12.2 Å². The van der Waals surface area contributed by atoms with Crippen LogP contribution in [0.2, 0.25) is 25.2 Å². The summed E-state index contributed by atoms with van der Waals surface area (Å²) in [6, 6.07) is 10.00. The second-order valence-corrected chi connectivity index (χ2v) is 14.6. The highest BCUT2D eigenvalue weighted by molar-refractivity contribution is 6.79. The van der Waals surface area contributed by atoms with Crippen LogP contribution in [0.1, 0.15) is 25.8 Å². The third-order valence-corrected chi connectivity index (χ3v) is 8.50. The average molecular weight is 377 g/mol. The Hall–Kier alpha value is -1.05. The first kappa shape index (κ1) is 18.3. The summed E-state index contributed by atoms with van der Waals surface area (Å²) in [7, 11) is -1.62. The first-order valence-corrected chi connectivity index (χ1v) is 12.9. The van der Waals surface area contributed by atoms with Gasteiger partial charge in [0.25, 0.3) is 0 Å². The Morgan fingerprint density at radius 3 is 2.42 bits per heavy atom. The van der Waals surface area contributed by atoms with Crippen LogP contribution in [0.15, 0.2) is 30.3 Å². The Bertz CT molecular complexity index is 698. The molecule has 2 heterocycles. The molecule has 4 unspecified atom stereocenters. The molecule has 3 aliphatic rings. The van der Waals surface area contributed by atoms with Crippen LogP contribution < -0.4 is 0 Å². The summed E-state index contributed by atoms with van der Waals surface area (Å²) in [5.41, 5.74) is 0.371. The largest absolute Gasteiger partial charge is 0.367 e. The highest BCUT2D eigenvalue weighted by Crippen LogP contribution is 2.59. The molecule has 6 heteroatoms. The van der Waals surface area contributed by atoms with Gasteiger partial charge in [-0.3, -0.25) is 4.79 Å². The van der Waals surface area contributed by atoms with Crippen LogP contribution in [0.5, 0.6) is 0 Å². The molecule has 2 saturated heterocycles. The molecular weight excluding hydrogens is 348 g/mol. The molecule has 142 valence electrons. The number of carbonyl (C=O) groups is 1. The first-order chi connectivity index (χ1) is 12.1. The van der Waals surface area contributed by atoms with Crippen molar-refractivity contribution in [2.75, 3.05) is 0 Å². The van der Waals surface area contributed by atoms with Crippen LogP contribution in [-0.2, 0) is 30.3 Å². The topological polar surface area (TPSA) is 54.0 Å². The number of hydrogen-bond donors (Lipinski definition) is 0. The number of ether oxygens (including phenoxy) is 4. The lowest BCUT2D eigenvalue weighted by Crippen LogP contribution is -2.67. The highest BCUT2D eigenvalue weighted by atomic mass is 28.3. The van der Waals surface area contributed by atoms with Crippen molar-refractivity contribution in [1.29, 1.82) is 0 Å². The zero-order valence-electron chi connectivity index (χ0n) is 16.2. The van der Waals surface area contributed by atoms with Crippen molar-refractivity contribution in [2.24, 2.45) is 0 Å². The fourth-order valence-corrected chi connectivity index (χ4v) is 7.03. The maximum Gasteiger partial charge on any atom is 0.191 e. The number of carbonyl (C=O) groups excluding carboxylic acids is 1. The van der Waals surface area contributed by atoms with Crippen LogP contribution in [0.3, 0.4) is 0 Å². The number of hydrogen-bond acceptors (Lipinski definition) is 5.